The summed E-state index contributed by atoms with van der Waals surface area (Å²) in [6, 6.07) is 2.61. The Balaban J connectivity index is 0.000000565. The molecule has 0 amide bonds. The molecule has 1 saturated heterocycles. The fourth-order valence-electron chi connectivity index (χ4n) is 6.51. The minimum atomic E-state index is -0.297. The third kappa shape index (κ3) is 3.09. The van der Waals surface area contributed by atoms with E-state index in [0.29, 0.717) is 11.8 Å². The molecule has 1 N–H and O–H groups in total. The average Bonchev–Trinajstić information content (AvgIpc) is 3.25. The van der Waals surface area contributed by atoms with Gasteiger partial charge in [0.2, 0.25) is 0 Å². The van der Waals surface area contributed by atoms with Gasteiger partial charge >= 0.3 is 0 Å². The second kappa shape index (κ2) is 7.35. The molecule has 0 aromatic heterocycles. The Morgan fingerprint density at radius 3 is 2.67 bits per heavy atom. The number of nitriles is 1. The van der Waals surface area contributed by atoms with Crippen molar-refractivity contribution in [3.8, 4) is 6.07 Å². The van der Waals surface area contributed by atoms with Crippen molar-refractivity contribution in [2.24, 2.45) is 23.2 Å². The molecule has 1 spiro atoms. The Kier molecular flexibility index (Phi) is 5.22. The number of rotatable bonds is 0. The number of aliphatic hydroxyl groups is 1. The first-order chi connectivity index (χ1) is 13.1. The van der Waals surface area contributed by atoms with Gasteiger partial charge in [-0.15, -0.1) is 0 Å². The second-order valence-corrected chi connectivity index (χ2v) is 9.06. The van der Waals surface area contributed by atoms with E-state index in [-0.39, 0.29) is 23.7 Å². The first-order valence-corrected chi connectivity index (χ1v) is 10.8. The summed E-state index contributed by atoms with van der Waals surface area (Å²) in [5.41, 5.74) is 5.10. The van der Waals surface area contributed by atoms with Gasteiger partial charge in [0.05, 0.1) is 25.2 Å². The van der Waals surface area contributed by atoms with Gasteiger partial charge in [-0.3, -0.25) is 0 Å². The van der Waals surface area contributed by atoms with Crippen LogP contribution in [-0.4, -0.2) is 30.7 Å². The van der Waals surface area contributed by atoms with Gasteiger partial charge < -0.3 is 14.6 Å². The Hall–Kier alpha value is -1.15. The van der Waals surface area contributed by atoms with Gasteiger partial charge in [-0.2, -0.15) is 5.26 Å². The third-order valence-electron chi connectivity index (χ3n) is 7.80. The molecule has 27 heavy (non-hydrogen) atoms. The summed E-state index contributed by atoms with van der Waals surface area (Å²) in [5.74, 6) is 1.37. The Morgan fingerprint density at radius 1 is 1.22 bits per heavy atom. The van der Waals surface area contributed by atoms with Gasteiger partial charge in [0.1, 0.15) is 0 Å². The van der Waals surface area contributed by atoms with Gasteiger partial charge in [-0.05, 0) is 73.8 Å². The zero-order chi connectivity index (χ0) is 19.1. The van der Waals surface area contributed by atoms with Crippen molar-refractivity contribution in [2.45, 2.75) is 71.0 Å². The topological polar surface area (TPSA) is 62.5 Å². The first-order valence-electron chi connectivity index (χ1n) is 10.8. The normalized spacial score (nSPS) is 38.9. The largest absolute Gasteiger partial charge is 0.397 e. The summed E-state index contributed by atoms with van der Waals surface area (Å²) in [6.45, 7) is 5.82. The highest BCUT2D eigenvalue weighted by molar-refractivity contribution is 5.44. The van der Waals surface area contributed by atoms with Crippen LogP contribution in [-0.2, 0) is 9.47 Å². The van der Waals surface area contributed by atoms with E-state index in [0.717, 1.165) is 45.3 Å². The van der Waals surface area contributed by atoms with Crippen LogP contribution in [0, 0.1) is 34.5 Å². The minimum Gasteiger partial charge on any atom is -0.397 e. The molecule has 4 heteroatoms. The molecule has 2 fully saturated rings. The maximum Gasteiger partial charge on any atom is 0.172 e. The highest BCUT2D eigenvalue weighted by Gasteiger charge is 2.53. The van der Waals surface area contributed by atoms with Gasteiger partial charge in [-0.25, -0.2) is 0 Å². The molecule has 1 saturated carbocycles. The number of nitrogens with zero attached hydrogens (tertiary/aromatic N) is 1. The van der Waals surface area contributed by atoms with E-state index in [2.05, 4.69) is 19.1 Å². The molecule has 4 aliphatic carbocycles. The molecular formula is C23H33NO3. The van der Waals surface area contributed by atoms with E-state index in [9.17, 15) is 5.26 Å². The Bertz CT molecular complexity index is 682. The number of hydrogen-bond donors (Lipinski definition) is 1. The smallest absolute Gasteiger partial charge is 0.172 e. The van der Waals surface area contributed by atoms with Crippen LogP contribution in [0.25, 0.3) is 0 Å². The number of ether oxygens (including phenoxy) is 2. The van der Waals surface area contributed by atoms with Crippen LogP contribution in [0.15, 0.2) is 22.8 Å². The quantitative estimate of drug-likeness (QED) is 0.681. The predicted octanol–water partition coefficient (Wildman–Crippen LogP) is 4.50. The summed E-state index contributed by atoms with van der Waals surface area (Å²) >= 11 is 0. The summed E-state index contributed by atoms with van der Waals surface area (Å²) in [4.78, 5) is 0. The van der Waals surface area contributed by atoms with Crippen molar-refractivity contribution < 1.29 is 14.6 Å². The van der Waals surface area contributed by atoms with Crippen LogP contribution in [0.1, 0.15) is 65.2 Å². The molecule has 1 heterocycles. The van der Waals surface area contributed by atoms with Gasteiger partial charge in [0.15, 0.2) is 5.79 Å². The van der Waals surface area contributed by atoms with E-state index in [1.807, 2.05) is 0 Å². The van der Waals surface area contributed by atoms with Crippen molar-refractivity contribution in [1.29, 1.82) is 5.26 Å². The summed E-state index contributed by atoms with van der Waals surface area (Å²) < 4.78 is 11.9. The van der Waals surface area contributed by atoms with Gasteiger partial charge in [0.25, 0.3) is 0 Å². The number of aliphatic hydroxyl groups excluding tert-OH is 1. The van der Waals surface area contributed by atoms with Crippen LogP contribution in [0.3, 0.4) is 0 Å². The van der Waals surface area contributed by atoms with E-state index in [1.54, 1.807) is 23.6 Å². The molecule has 148 valence electrons. The SMILES string of the molecule is CC12CC=C3C4=C(CCC3C1CCC2C#N)CC1(CC4)OCCO1.CCO. The number of fused-ring (bicyclic) bond motifs is 4. The van der Waals surface area contributed by atoms with Crippen LogP contribution >= 0.6 is 0 Å². The Morgan fingerprint density at radius 2 is 1.96 bits per heavy atom. The molecule has 4 unspecified atom stereocenters. The molecule has 4 nitrogen and oxygen atoms in total. The van der Waals surface area contributed by atoms with E-state index in [1.165, 1.54) is 19.3 Å². The van der Waals surface area contributed by atoms with Crippen LogP contribution in [0.2, 0.25) is 0 Å². The van der Waals surface area contributed by atoms with Crippen molar-refractivity contribution in [3.05, 3.63) is 22.8 Å². The Labute approximate surface area is 163 Å². The van der Waals surface area contributed by atoms with Crippen molar-refractivity contribution in [2.75, 3.05) is 19.8 Å². The summed E-state index contributed by atoms with van der Waals surface area (Å²) in [6.07, 6.45) is 11.5. The zero-order valence-electron chi connectivity index (χ0n) is 16.8. The fraction of sp³-hybridized carbons (Fsp3) is 0.783. The first kappa shape index (κ1) is 19.2. The van der Waals surface area contributed by atoms with Crippen molar-refractivity contribution >= 4 is 0 Å². The lowest BCUT2D eigenvalue weighted by Crippen LogP contribution is -2.40. The van der Waals surface area contributed by atoms with Gasteiger partial charge in [0, 0.05) is 19.4 Å². The molecule has 0 aromatic rings. The second-order valence-electron chi connectivity index (χ2n) is 9.06. The molecule has 0 bridgehead atoms. The van der Waals surface area contributed by atoms with Gasteiger partial charge in [-0.1, -0.05) is 18.6 Å². The molecule has 5 rings (SSSR count). The van der Waals surface area contributed by atoms with Crippen molar-refractivity contribution in [3.63, 3.8) is 0 Å². The fourth-order valence-corrected chi connectivity index (χ4v) is 6.51. The van der Waals surface area contributed by atoms with Crippen LogP contribution in [0.5, 0.6) is 0 Å². The lowest BCUT2D eigenvalue weighted by atomic mass is 9.57. The average molecular weight is 372 g/mol. The molecule has 4 atom stereocenters. The predicted molar refractivity (Wildman–Crippen MR) is 104 cm³/mol. The minimum absolute atomic E-state index is 0.217. The number of hydrogen-bond acceptors (Lipinski definition) is 4. The van der Waals surface area contributed by atoms with Crippen LogP contribution < -0.4 is 0 Å². The standard InChI is InChI=1S/C21H27NO2.C2H6O/c1-20-8-6-17-16-7-9-21(23-10-11-24-21)12-14(16)2-4-18(17)19(20)5-3-15(20)13-22;1-2-3/h6,15,18-19H,2-5,7-12H2,1H3;3H,2H2,1H3. The number of allylic oxidation sites excluding steroid dienone is 3. The van der Waals surface area contributed by atoms with E-state index >= 15 is 0 Å². The maximum atomic E-state index is 9.56. The molecule has 5 aliphatic rings. The van der Waals surface area contributed by atoms with Crippen molar-refractivity contribution in [1.82, 2.24) is 0 Å². The monoisotopic (exact) mass is 371 g/mol. The van der Waals surface area contributed by atoms with E-state index < -0.39 is 0 Å². The third-order valence-corrected chi connectivity index (χ3v) is 7.80. The molecule has 1 aliphatic heterocycles. The van der Waals surface area contributed by atoms with E-state index in [4.69, 9.17) is 14.6 Å². The maximum absolute atomic E-state index is 9.56. The summed E-state index contributed by atoms with van der Waals surface area (Å²) in [5, 5.41) is 17.1. The lowest BCUT2D eigenvalue weighted by molar-refractivity contribution is -0.164. The lowest BCUT2D eigenvalue weighted by Gasteiger charge is -2.48. The molecule has 0 radical (unpaired) electrons. The van der Waals surface area contributed by atoms with Crippen LogP contribution in [0.4, 0.5) is 0 Å². The highest BCUT2D eigenvalue weighted by atomic mass is 16.7. The molecule has 0 aromatic carbocycles. The highest BCUT2D eigenvalue weighted by Crippen LogP contribution is 2.61. The summed E-state index contributed by atoms with van der Waals surface area (Å²) in [7, 11) is 0. The molecular weight excluding hydrogens is 338 g/mol. The zero-order valence-corrected chi connectivity index (χ0v) is 16.8.